The van der Waals surface area contributed by atoms with E-state index in [4.69, 9.17) is 5.14 Å². The summed E-state index contributed by atoms with van der Waals surface area (Å²) >= 11 is 0. The second kappa shape index (κ2) is 2.39. The van der Waals surface area contributed by atoms with Crippen molar-refractivity contribution in [3.05, 3.63) is 0 Å². The molecular weight excluding hydrogens is 137 g/mol. The minimum atomic E-state index is -0.276. The highest BCUT2D eigenvalue weighted by Crippen LogP contribution is 2.49. The van der Waals surface area contributed by atoms with Crippen molar-refractivity contribution in [2.75, 3.05) is 6.67 Å². The van der Waals surface area contributed by atoms with Gasteiger partial charge in [0.1, 0.15) is 6.67 Å². The molecule has 0 bridgehead atoms. The van der Waals surface area contributed by atoms with Gasteiger partial charge >= 0.3 is 0 Å². The van der Waals surface area contributed by atoms with Crippen LogP contribution in [0.3, 0.4) is 0 Å². The third-order valence-electron chi connectivity index (χ3n) is 1.81. The smallest absolute Gasteiger partial charge is 0.105 e. The molecule has 3 heteroatoms. The Bertz CT molecular complexity index is 140. The zero-order valence-corrected chi connectivity index (χ0v) is 6.38. The van der Waals surface area contributed by atoms with E-state index in [9.17, 15) is 4.39 Å². The van der Waals surface area contributed by atoms with Gasteiger partial charge in [-0.1, -0.05) is 0 Å². The van der Waals surface area contributed by atoms with Gasteiger partial charge in [0.2, 0.25) is 0 Å². The quantitative estimate of drug-likeness (QED) is 0.591. The molecule has 0 aromatic heterocycles. The van der Waals surface area contributed by atoms with Crippen LogP contribution in [-0.2, 0) is 0 Å². The molecule has 0 aliphatic heterocycles. The zero-order chi connectivity index (χ0) is 6.91. The molecule has 1 unspecified atom stereocenters. The van der Waals surface area contributed by atoms with Gasteiger partial charge in [0, 0.05) is 0 Å². The summed E-state index contributed by atoms with van der Waals surface area (Å²) in [5, 5.41) is 7.57. The Balaban J connectivity index is 2.60. The first-order valence-electron chi connectivity index (χ1n) is 3.08. The van der Waals surface area contributed by atoms with Gasteiger partial charge in [0.15, 0.2) is 0 Å². The van der Waals surface area contributed by atoms with E-state index in [1.807, 2.05) is 12.3 Å². The van der Waals surface area contributed by atoms with Gasteiger partial charge in [0.05, 0.1) is 4.75 Å². The number of halogens is 1. The minimum absolute atomic E-state index is 0.116. The summed E-state index contributed by atoms with van der Waals surface area (Å²) < 4.78 is 12.1. The number of hydrogen-bond acceptors (Lipinski definition) is 1. The number of alkyl halides is 1. The van der Waals surface area contributed by atoms with E-state index in [0.29, 0.717) is 0 Å². The summed E-state index contributed by atoms with van der Waals surface area (Å²) in [7, 11) is -0.276. The molecule has 0 aromatic rings. The van der Waals surface area contributed by atoms with Crippen molar-refractivity contribution in [3.8, 4) is 0 Å². The van der Waals surface area contributed by atoms with Gasteiger partial charge in [0.25, 0.3) is 0 Å². The average Bonchev–Trinajstić information content (AvgIpc) is 2.66. The zero-order valence-electron chi connectivity index (χ0n) is 5.56. The van der Waals surface area contributed by atoms with Crippen molar-refractivity contribution in [2.24, 2.45) is 5.14 Å². The van der Waals surface area contributed by atoms with E-state index >= 15 is 0 Å². The molecule has 54 valence electrons. The van der Waals surface area contributed by atoms with Crippen LogP contribution in [0.4, 0.5) is 4.39 Å². The van der Waals surface area contributed by atoms with Crippen LogP contribution in [0.5, 0.6) is 0 Å². The van der Waals surface area contributed by atoms with E-state index < -0.39 is 0 Å². The molecule has 0 amide bonds. The predicted molar refractivity (Wildman–Crippen MR) is 41.5 cm³/mol. The van der Waals surface area contributed by atoms with Crippen molar-refractivity contribution in [2.45, 2.75) is 24.5 Å². The van der Waals surface area contributed by atoms with Gasteiger partial charge in [-0.3, -0.25) is 5.14 Å². The molecule has 1 saturated carbocycles. The fourth-order valence-electron chi connectivity index (χ4n) is 0.822. The molecule has 0 radical (unpaired) electrons. The molecule has 1 nitrogen and oxygen atoms in total. The van der Waals surface area contributed by atoms with Crippen LogP contribution in [0.15, 0.2) is 0 Å². The topological polar surface area (TPSA) is 26.0 Å². The van der Waals surface area contributed by atoms with E-state index in [1.165, 1.54) is 0 Å². The molecule has 1 aliphatic carbocycles. The van der Waals surface area contributed by atoms with Crippen LogP contribution in [0.2, 0.25) is 0 Å². The lowest BCUT2D eigenvalue weighted by Gasteiger charge is -2.10. The summed E-state index contributed by atoms with van der Waals surface area (Å²) in [4.78, 5) is 0. The molecule has 0 spiro atoms. The van der Waals surface area contributed by atoms with Gasteiger partial charge in [-0.05, 0) is 25.1 Å². The largest absolute Gasteiger partial charge is 0.283 e. The Kier molecular flexibility index (Phi) is 1.91. The fraction of sp³-hybridized carbons (Fsp3) is 0.833. The molecule has 1 atom stereocenters. The van der Waals surface area contributed by atoms with Crippen molar-refractivity contribution in [3.63, 3.8) is 0 Å². The first kappa shape index (κ1) is 7.22. The van der Waals surface area contributed by atoms with Crippen molar-refractivity contribution < 1.29 is 4.39 Å². The Morgan fingerprint density at radius 3 is 2.44 bits per heavy atom. The lowest BCUT2D eigenvalue weighted by Crippen LogP contribution is -2.13. The highest BCUT2D eigenvalue weighted by molar-refractivity contribution is 8.14. The summed E-state index contributed by atoms with van der Waals surface area (Å²) in [6.07, 6.45) is 1.96. The average molecular weight is 149 g/mol. The Labute approximate surface area is 57.5 Å². The highest BCUT2D eigenvalue weighted by Gasteiger charge is 2.44. The van der Waals surface area contributed by atoms with E-state index in [-0.39, 0.29) is 22.1 Å². The van der Waals surface area contributed by atoms with Gasteiger partial charge in [-0.2, -0.15) is 0 Å². The van der Waals surface area contributed by atoms with Crippen LogP contribution in [0.25, 0.3) is 0 Å². The maximum Gasteiger partial charge on any atom is 0.105 e. The standard InChI is InChI=1S/C6H12FNS/c1-2-9(8)6(5-7)3-4-6/h2H,3-5,8H2,1H3. The summed E-state index contributed by atoms with van der Waals surface area (Å²) in [5.74, 6) is 0. The monoisotopic (exact) mass is 149 g/mol. The van der Waals surface area contributed by atoms with Gasteiger partial charge in [-0.25, -0.2) is 4.39 Å². The summed E-state index contributed by atoms with van der Waals surface area (Å²) in [6, 6.07) is 0. The van der Waals surface area contributed by atoms with E-state index in [1.54, 1.807) is 0 Å². The first-order valence-corrected chi connectivity index (χ1v) is 4.43. The maximum absolute atomic E-state index is 12.2. The molecule has 1 fully saturated rings. The van der Waals surface area contributed by atoms with Crippen molar-refractivity contribution >= 4 is 16.0 Å². The maximum atomic E-state index is 12.2. The predicted octanol–water partition coefficient (Wildman–Crippen LogP) is 1.45. The lowest BCUT2D eigenvalue weighted by atomic mass is 10.5. The van der Waals surface area contributed by atoms with Crippen molar-refractivity contribution in [1.82, 2.24) is 0 Å². The third-order valence-corrected chi connectivity index (χ3v) is 3.83. The van der Waals surface area contributed by atoms with Crippen LogP contribution in [0, 0.1) is 0 Å². The summed E-state index contributed by atoms with van der Waals surface area (Å²) in [6.45, 7) is 1.66. The molecule has 9 heavy (non-hydrogen) atoms. The Morgan fingerprint density at radius 2 is 2.33 bits per heavy atom. The molecule has 1 rings (SSSR count). The van der Waals surface area contributed by atoms with Crippen molar-refractivity contribution in [1.29, 1.82) is 0 Å². The first-order chi connectivity index (χ1) is 4.25. The summed E-state index contributed by atoms with van der Waals surface area (Å²) in [5.41, 5.74) is 0. The number of nitrogens with two attached hydrogens (primary N) is 1. The Morgan fingerprint density at radius 1 is 1.78 bits per heavy atom. The highest BCUT2D eigenvalue weighted by atomic mass is 32.2. The third kappa shape index (κ3) is 1.17. The van der Waals surface area contributed by atoms with Gasteiger partial charge in [-0.15, -0.1) is 10.7 Å². The molecule has 2 N–H and O–H groups in total. The van der Waals surface area contributed by atoms with Crippen LogP contribution in [-0.4, -0.2) is 16.8 Å². The second-order valence-electron chi connectivity index (χ2n) is 2.42. The second-order valence-corrected chi connectivity index (χ2v) is 4.51. The SMILES string of the molecule is C/C=S(/N)C1(CF)CC1. The molecule has 0 aromatic carbocycles. The fourth-order valence-corrected chi connectivity index (χ4v) is 2.02. The molecular formula is C6H12FNS. The van der Waals surface area contributed by atoms with Crippen LogP contribution >= 0.6 is 10.7 Å². The lowest BCUT2D eigenvalue weighted by molar-refractivity contribution is 0.476. The minimum Gasteiger partial charge on any atom is -0.283 e. The number of rotatable bonds is 2. The van der Waals surface area contributed by atoms with Gasteiger partial charge < -0.3 is 0 Å². The van der Waals surface area contributed by atoms with Crippen LogP contribution < -0.4 is 5.14 Å². The molecule has 0 saturated heterocycles. The number of hydrogen-bond donors (Lipinski definition) is 1. The van der Waals surface area contributed by atoms with E-state index in [0.717, 1.165) is 12.8 Å². The molecule has 0 heterocycles. The normalized spacial score (nSPS) is 26.1. The van der Waals surface area contributed by atoms with Crippen LogP contribution in [0.1, 0.15) is 19.8 Å². The van der Waals surface area contributed by atoms with E-state index in [2.05, 4.69) is 0 Å². The Hall–Kier alpha value is 0.110. The molecule has 1 aliphatic rings.